The molecule has 27 heavy (non-hydrogen) atoms. The van der Waals surface area contributed by atoms with Crippen LogP contribution in [-0.2, 0) is 0 Å². The molecule has 0 spiro atoms. The molecule has 0 radical (unpaired) electrons. The van der Waals surface area contributed by atoms with Crippen LogP contribution in [0.25, 0.3) is 5.65 Å². The Balaban J connectivity index is 1.39. The number of anilines is 1. The maximum atomic E-state index is 12.5. The number of nitrogens with zero attached hydrogens (tertiary/aromatic N) is 4. The number of benzene rings is 1. The molecule has 0 bridgehead atoms. The van der Waals surface area contributed by atoms with Gasteiger partial charge in [-0.15, -0.1) is 0 Å². The molecule has 140 valence electrons. The van der Waals surface area contributed by atoms with Crippen LogP contribution in [0.2, 0.25) is 0 Å². The van der Waals surface area contributed by atoms with E-state index in [4.69, 9.17) is 4.74 Å². The maximum Gasteiger partial charge on any atom is 0.274 e. The molecule has 2 aromatic heterocycles. The van der Waals surface area contributed by atoms with Crippen LogP contribution < -0.4 is 10.1 Å². The summed E-state index contributed by atoms with van der Waals surface area (Å²) in [7, 11) is 0. The van der Waals surface area contributed by atoms with E-state index < -0.39 is 0 Å². The van der Waals surface area contributed by atoms with E-state index in [0.29, 0.717) is 23.6 Å². The number of likely N-dealkylation sites (tertiary alicyclic amines) is 1. The molecule has 7 heteroatoms. The number of aryl methyl sites for hydroxylation is 1. The van der Waals surface area contributed by atoms with Gasteiger partial charge in [0.25, 0.3) is 5.91 Å². The standard InChI is InChI=1S/C20H23N5O2/c1-15-14-21-25-10-7-18(23-19(15)25)20(26)22-16-5-4-6-17(13-16)27-12-11-24-8-2-3-9-24/h4-7,10,13-14H,2-3,8-9,11-12H2,1H3,(H,22,26). The molecular weight excluding hydrogens is 342 g/mol. The summed E-state index contributed by atoms with van der Waals surface area (Å²) in [4.78, 5) is 19.3. The van der Waals surface area contributed by atoms with Crippen molar-refractivity contribution in [3.8, 4) is 5.75 Å². The first-order valence-electron chi connectivity index (χ1n) is 9.26. The third-order valence-electron chi connectivity index (χ3n) is 4.74. The lowest BCUT2D eigenvalue weighted by atomic mass is 10.3. The second-order valence-corrected chi connectivity index (χ2v) is 6.79. The topological polar surface area (TPSA) is 71.8 Å². The van der Waals surface area contributed by atoms with E-state index in [1.165, 1.54) is 12.8 Å². The van der Waals surface area contributed by atoms with E-state index in [1.807, 2.05) is 31.2 Å². The van der Waals surface area contributed by atoms with Gasteiger partial charge in [0.2, 0.25) is 0 Å². The smallest absolute Gasteiger partial charge is 0.274 e. The van der Waals surface area contributed by atoms with Crippen molar-refractivity contribution in [2.24, 2.45) is 0 Å². The van der Waals surface area contributed by atoms with Crippen molar-refractivity contribution in [1.29, 1.82) is 0 Å². The minimum absolute atomic E-state index is 0.257. The molecule has 4 rings (SSSR count). The monoisotopic (exact) mass is 365 g/mol. The molecule has 1 aliphatic heterocycles. The highest BCUT2D eigenvalue weighted by atomic mass is 16.5. The average Bonchev–Trinajstić information content (AvgIpc) is 3.32. The van der Waals surface area contributed by atoms with E-state index in [-0.39, 0.29) is 5.91 Å². The Morgan fingerprint density at radius 2 is 2.11 bits per heavy atom. The van der Waals surface area contributed by atoms with E-state index in [1.54, 1.807) is 23.0 Å². The van der Waals surface area contributed by atoms with Gasteiger partial charge in [0.05, 0.1) is 6.20 Å². The Morgan fingerprint density at radius 3 is 2.96 bits per heavy atom. The zero-order valence-electron chi connectivity index (χ0n) is 15.4. The van der Waals surface area contributed by atoms with Crippen LogP contribution in [-0.4, -0.2) is 51.6 Å². The van der Waals surface area contributed by atoms with Gasteiger partial charge in [-0.2, -0.15) is 5.10 Å². The highest BCUT2D eigenvalue weighted by molar-refractivity contribution is 6.03. The minimum Gasteiger partial charge on any atom is -0.492 e. The molecule has 0 atom stereocenters. The van der Waals surface area contributed by atoms with Crippen LogP contribution in [0.4, 0.5) is 5.69 Å². The number of ether oxygens (including phenoxy) is 1. The summed E-state index contributed by atoms with van der Waals surface area (Å²) in [6.45, 7) is 5.82. The second-order valence-electron chi connectivity index (χ2n) is 6.79. The summed E-state index contributed by atoms with van der Waals surface area (Å²) in [6, 6.07) is 9.11. The van der Waals surface area contributed by atoms with Crippen LogP contribution in [0.5, 0.6) is 5.75 Å². The Morgan fingerprint density at radius 1 is 1.26 bits per heavy atom. The summed E-state index contributed by atoms with van der Waals surface area (Å²) in [5.41, 5.74) is 2.65. The Kier molecular flexibility index (Phi) is 5.02. The quantitative estimate of drug-likeness (QED) is 0.727. The van der Waals surface area contributed by atoms with Gasteiger partial charge in [-0.1, -0.05) is 6.07 Å². The first-order valence-corrected chi connectivity index (χ1v) is 9.26. The van der Waals surface area contributed by atoms with Crippen molar-refractivity contribution in [3.05, 3.63) is 54.0 Å². The number of hydrogen-bond donors (Lipinski definition) is 1. The van der Waals surface area contributed by atoms with Gasteiger partial charge < -0.3 is 10.1 Å². The molecule has 7 nitrogen and oxygen atoms in total. The lowest BCUT2D eigenvalue weighted by molar-refractivity contribution is 0.102. The number of rotatable bonds is 6. The predicted octanol–water partition coefficient (Wildman–Crippen LogP) is 2.76. The van der Waals surface area contributed by atoms with E-state index >= 15 is 0 Å². The highest BCUT2D eigenvalue weighted by Gasteiger charge is 2.12. The highest BCUT2D eigenvalue weighted by Crippen LogP contribution is 2.18. The fourth-order valence-corrected chi connectivity index (χ4v) is 3.27. The predicted molar refractivity (Wildman–Crippen MR) is 103 cm³/mol. The van der Waals surface area contributed by atoms with Crippen LogP contribution in [0, 0.1) is 6.92 Å². The van der Waals surface area contributed by atoms with Crippen molar-refractivity contribution < 1.29 is 9.53 Å². The third kappa shape index (κ3) is 4.09. The molecule has 3 aromatic rings. The van der Waals surface area contributed by atoms with Gasteiger partial charge in [-0.05, 0) is 51.1 Å². The van der Waals surface area contributed by atoms with Gasteiger partial charge in [-0.3, -0.25) is 9.69 Å². The SMILES string of the molecule is Cc1cnn2ccc(C(=O)Nc3cccc(OCCN4CCCC4)c3)nc12. The van der Waals surface area contributed by atoms with Crippen molar-refractivity contribution in [2.75, 3.05) is 31.6 Å². The third-order valence-corrected chi connectivity index (χ3v) is 4.74. The van der Waals surface area contributed by atoms with Gasteiger partial charge in [0, 0.05) is 30.1 Å². The van der Waals surface area contributed by atoms with Gasteiger partial charge in [0.1, 0.15) is 18.1 Å². The van der Waals surface area contributed by atoms with E-state index in [9.17, 15) is 4.79 Å². The zero-order valence-corrected chi connectivity index (χ0v) is 15.4. The van der Waals surface area contributed by atoms with Crippen molar-refractivity contribution >= 4 is 17.2 Å². The zero-order chi connectivity index (χ0) is 18.6. The Labute approximate surface area is 158 Å². The number of amides is 1. The number of aromatic nitrogens is 3. The normalized spacial score (nSPS) is 14.6. The Hall–Kier alpha value is -2.93. The summed E-state index contributed by atoms with van der Waals surface area (Å²) < 4.78 is 7.49. The lowest BCUT2D eigenvalue weighted by Crippen LogP contribution is -2.25. The number of hydrogen-bond acceptors (Lipinski definition) is 5. The average molecular weight is 365 g/mol. The molecule has 0 saturated carbocycles. The number of carbonyl (C=O) groups excluding carboxylic acids is 1. The molecule has 1 aliphatic rings. The number of nitrogens with one attached hydrogen (secondary N) is 1. The summed E-state index contributed by atoms with van der Waals surface area (Å²) in [5.74, 6) is 0.495. The number of carbonyl (C=O) groups is 1. The fourth-order valence-electron chi connectivity index (χ4n) is 3.27. The number of fused-ring (bicyclic) bond motifs is 1. The lowest BCUT2D eigenvalue weighted by Gasteiger charge is -2.15. The van der Waals surface area contributed by atoms with Crippen LogP contribution in [0.1, 0.15) is 28.9 Å². The van der Waals surface area contributed by atoms with Crippen molar-refractivity contribution in [1.82, 2.24) is 19.5 Å². The summed E-state index contributed by atoms with van der Waals surface area (Å²) in [6.07, 6.45) is 6.02. The first kappa shape index (κ1) is 17.5. The van der Waals surface area contributed by atoms with Crippen molar-refractivity contribution in [3.63, 3.8) is 0 Å². The Bertz CT molecular complexity index is 946. The molecular formula is C20H23N5O2. The molecule has 0 aliphatic carbocycles. The van der Waals surface area contributed by atoms with Crippen LogP contribution in [0.3, 0.4) is 0 Å². The van der Waals surface area contributed by atoms with Gasteiger partial charge in [-0.25, -0.2) is 9.50 Å². The molecule has 1 aromatic carbocycles. The fraction of sp³-hybridized carbons (Fsp3) is 0.350. The largest absolute Gasteiger partial charge is 0.492 e. The summed E-state index contributed by atoms with van der Waals surface area (Å²) in [5, 5.41) is 7.06. The van der Waals surface area contributed by atoms with Gasteiger partial charge >= 0.3 is 0 Å². The molecule has 1 amide bonds. The van der Waals surface area contributed by atoms with Crippen LogP contribution >= 0.6 is 0 Å². The van der Waals surface area contributed by atoms with E-state index in [2.05, 4.69) is 20.3 Å². The molecule has 1 N–H and O–H groups in total. The second kappa shape index (κ2) is 7.75. The van der Waals surface area contributed by atoms with Crippen LogP contribution in [0.15, 0.2) is 42.7 Å². The summed E-state index contributed by atoms with van der Waals surface area (Å²) >= 11 is 0. The van der Waals surface area contributed by atoms with Gasteiger partial charge in [0.15, 0.2) is 5.65 Å². The minimum atomic E-state index is -0.257. The first-order chi connectivity index (χ1) is 13.2. The van der Waals surface area contributed by atoms with E-state index in [0.717, 1.165) is 30.9 Å². The molecule has 1 saturated heterocycles. The van der Waals surface area contributed by atoms with Crippen molar-refractivity contribution in [2.45, 2.75) is 19.8 Å². The molecule has 1 fully saturated rings. The molecule has 3 heterocycles. The molecule has 0 unspecified atom stereocenters. The maximum absolute atomic E-state index is 12.5.